The summed E-state index contributed by atoms with van der Waals surface area (Å²) in [5.41, 5.74) is 1.50. The van der Waals surface area contributed by atoms with Gasteiger partial charge in [0, 0.05) is 29.4 Å². The van der Waals surface area contributed by atoms with Crippen molar-refractivity contribution in [3.8, 4) is 11.3 Å². The molecule has 0 bridgehead atoms. The van der Waals surface area contributed by atoms with Crippen LogP contribution in [0, 0.1) is 12.8 Å². The van der Waals surface area contributed by atoms with Crippen molar-refractivity contribution in [1.29, 1.82) is 0 Å². The Morgan fingerprint density at radius 3 is 2.55 bits per heavy atom. The second kappa shape index (κ2) is 9.60. The van der Waals surface area contributed by atoms with Gasteiger partial charge in [-0.05, 0) is 78.7 Å². The van der Waals surface area contributed by atoms with Crippen LogP contribution in [0.2, 0.25) is 0 Å². The average molecular weight is 428 g/mol. The van der Waals surface area contributed by atoms with Gasteiger partial charge in [0.1, 0.15) is 11.4 Å². The van der Waals surface area contributed by atoms with Gasteiger partial charge in [-0.25, -0.2) is 4.79 Å². The van der Waals surface area contributed by atoms with Crippen LogP contribution in [-0.4, -0.2) is 56.9 Å². The summed E-state index contributed by atoms with van der Waals surface area (Å²) in [4.78, 5) is 32.2. The standard InChI is InChI=1S/C23H33N5O3/c1-16(10-13-27-11-6-7-12-27)21(29)25-20-14-19(18-9-8-17(2)24-15-18)26-28(20)22(30)31-23(3,4)5/h8-9,14-16H,6-7,10-13H2,1-5H3,(H,25,29). The maximum atomic E-state index is 12.8. The molecule has 1 saturated heterocycles. The minimum absolute atomic E-state index is 0.141. The first-order valence-electron chi connectivity index (χ1n) is 10.9. The van der Waals surface area contributed by atoms with Crippen molar-refractivity contribution in [3.63, 3.8) is 0 Å². The maximum absolute atomic E-state index is 12.8. The molecule has 0 radical (unpaired) electrons. The molecule has 1 unspecified atom stereocenters. The van der Waals surface area contributed by atoms with Gasteiger partial charge in [0.05, 0.1) is 5.69 Å². The molecule has 8 nitrogen and oxygen atoms in total. The third-order valence-corrected chi connectivity index (χ3v) is 5.26. The fraction of sp³-hybridized carbons (Fsp3) is 0.565. The van der Waals surface area contributed by atoms with Gasteiger partial charge in [0.15, 0.2) is 0 Å². The Morgan fingerprint density at radius 2 is 1.94 bits per heavy atom. The minimum atomic E-state index is -0.682. The van der Waals surface area contributed by atoms with Gasteiger partial charge >= 0.3 is 6.09 Å². The molecule has 1 N–H and O–H groups in total. The first-order valence-corrected chi connectivity index (χ1v) is 10.9. The molecule has 0 aromatic carbocycles. The molecule has 168 valence electrons. The van der Waals surface area contributed by atoms with E-state index in [9.17, 15) is 9.59 Å². The van der Waals surface area contributed by atoms with Gasteiger partial charge in [0.2, 0.25) is 5.91 Å². The number of anilines is 1. The minimum Gasteiger partial charge on any atom is -0.442 e. The van der Waals surface area contributed by atoms with E-state index in [1.165, 1.54) is 12.8 Å². The SMILES string of the molecule is Cc1ccc(-c2cc(NC(=O)C(C)CCN3CCCC3)n(C(=O)OC(C)(C)C)n2)cn1. The van der Waals surface area contributed by atoms with Crippen LogP contribution in [0.1, 0.15) is 52.7 Å². The number of nitrogens with zero attached hydrogens (tertiary/aromatic N) is 4. The zero-order valence-electron chi connectivity index (χ0n) is 19.1. The first kappa shape index (κ1) is 22.9. The summed E-state index contributed by atoms with van der Waals surface area (Å²) in [6.45, 7) is 12.3. The van der Waals surface area contributed by atoms with Crippen LogP contribution >= 0.6 is 0 Å². The van der Waals surface area contributed by atoms with E-state index in [0.29, 0.717) is 11.5 Å². The fourth-order valence-corrected chi connectivity index (χ4v) is 3.44. The van der Waals surface area contributed by atoms with E-state index in [2.05, 4.69) is 20.3 Å². The van der Waals surface area contributed by atoms with Crippen LogP contribution in [0.25, 0.3) is 11.3 Å². The quantitative estimate of drug-likeness (QED) is 0.747. The predicted octanol–water partition coefficient (Wildman–Crippen LogP) is 4.10. The normalized spacial score (nSPS) is 15.6. The number of carbonyl (C=O) groups is 2. The number of carbonyl (C=O) groups excluding carboxylic acids is 2. The lowest BCUT2D eigenvalue weighted by molar-refractivity contribution is -0.119. The predicted molar refractivity (Wildman–Crippen MR) is 120 cm³/mol. The van der Waals surface area contributed by atoms with Crippen molar-refractivity contribution in [1.82, 2.24) is 19.7 Å². The third-order valence-electron chi connectivity index (χ3n) is 5.26. The highest BCUT2D eigenvalue weighted by atomic mass is 16.6. The van der Waals surface area contributed by atoms with E-state index in [1.54, 1.807) is 33.0 Å². The molecular formula is C23H33N5O3. The second-order valence-corrected chi connectivity index (χ2v) is 9.22. The highest BCUT2D eigenvalue weighted by Gasteiger charge is 2.25. The summed E-state index contributed by atoms with van der Waals surface area (Å²) in [6, 6.07) is 5.44. The summed E-state index contributed by atoms with van der Waals surface area (Å²) in [7, 11) is 0. The Labute approximate surface area is 184 Å². The molecule has 1 aliphatic rings. The van der Waals surface area contributed by atoms with Crippen molar-refractivity contribution >= 4 is 17.8 Å². The Hall–Kier alpha value is -2.74. The number of likely N-dealkylation sites (tertiary alicyclic amines) is 1. The van der Waals surface area contributed by atoms with Crippen LogP contribution in [0.15, 0.2) is 24.4 Å². The molecule has 1 aliphatic heterocycles. The number of nitrogens with one attached hydrogen (secondary N) is 1. The molecule has 31 heavy (non-hydrogen) atoms. The van der Waals surface area contributed by atoms with Crippen LogP contribution in [0.3, 0.4) is 0 Å². The smallest absolute Gasteiger partial charge is 0.437 e. The summed E-state index contributed by atoms with van der Waals surface area (Å²) in [5, 5.41) is 7.27. The molecular weight excluding hydrogens is 394 g/mol. The zero-order chi connectivity index (χ0) is 22.6. The molecule has 1 atom stereocenters. The summed E-state index contributed by atoms with van der Waals surface area (Å²) >= 11 is 0. The van der Waals surface area contributed by atoms with Gasteiger partial charge in [-0.2, -0.15) is 5.10 Å². The second-order valence-electron chi connectivity index (χ2n) is 9.22. The Morgan fingerprint density at radius 1 is 1.23 bits per heavy atom. The van der Waals surface area contributed by atoms with E-state index < -0.39 is 11.7 Å². The van der Waals surface area contributed by atoms with Gasteiger partial charge in [-0.15, -0.1) is 4.68 Å². The lowest BCUT2D eigenvalue weighted by Gasteiger charge is -2.20. The van der Waals surface area contributed by atoms with Gasteiger partial charge in [-0.1, -0.05) is 6.92 Å². The van der Waals surface area contributed by atoms with E-state index >= 15 is 0 Å². The van der Waals surface area contributed by atoms with Gasteiger partial charge in [0.25, 0.3) is 0 Å². The highest BCUT2D eigenvalue weighted by Crippen LogP contribution is 2.24. The summed E-state index contributed by atoms with van der Waals surface area (Å²) in [5.74, 6) is -0.0348. The van der Waals surface area contributed by atoms with Crippen LogP contribution in [-0.2, 0) is 9.53 Å². The van der Waals surface area contributed by atoms with E-state index in [4.69, 9.17) is 4.74 Å². The zero-order valence-corrected chi connectivity index (χ0v) is 19.1. The molecule has 2 aromatic heterocycles. The van der Waals surface area contributed by atoms with Crippen molar-refractivity contribution in [2.75, 3.05) is 25.0 Å². The molecule has 0 saturated carbocycles. The van der Waals surface area contributed by atoms with Crippen molar-refractivity contribution < 1.29 is 14.3 Å². The Bertz CT molecular complexity index is 908. The molecule has 1 fully saturated rings. The van der Waals surface area contributed by atoms with E-state index in [1.807, 2.05) is 26.0 Å². The maximum Gasteiger partial charge on any atom is 0.437 e. The van der Waals surface area contributed by atoms with Crippen LogP contribution in [0.4, 0.5) is 10.6 Å². The molecule has 2 aromatic rings. The lowest BCUT2D eigenvalue weighted by Crippen LogP contribution is -2.31. The Kier molecular flexibility index (Phi) is 7.10. The first-order chi connectivity index (χ1) is 14.6. The molecule has 8 heteroatoms. The number of ether oxygens (including phenoxy) is 1. The monoisotopic (exact) mass is 427 g/mol. The summed E-state index contributed by atoms with van der Waals surface area (Å²) < 4.78 is 6.59. The number of amides is 1. The van der Waals surface area contributed by atoms with E-state index in [0.717, 1.165) is 42.0 Å². The number of hydrogen-bond donors (Lipinski definition) is 1. The van der Waals surface area contributed by atoms with Crippen LogP contribution in [0.5, 0.6) is 0 Å². The van der Waals surface area contributed by atoms with Gasteiger partial charge in [-0.3, -0.25) is 9.78 Å². The van der Waals surface area contributed by atoms with Crippen LogP contribution < -0.4 is 5.32 Å². The molecule has 0 aliphatic carbocycles. The number of rotatable bonds is 6. The third kappa shape index (κ3) is 6.37. The van der Waals surface area contributed by atoms with Crippen molar-refractivity contribution in [2.24, 2.45) is 5.92 Å². The van der Waals surface area contributed by atoms with Crippen molar-refractivity contribution in [2.45, 2.75) is 59.5 Å². The average Bonchev–Trinajstić information content (AvgIpc) is 3.35. The number of hydrogen-bond acceptors (Lipinski definition) is 6. The largest absolute Gasteiger partial charge is 0.442 e. The van der Waals surface area contributed by atoms with Gasteiger partial charge < -0.3 is 15.0 Å². The van der Waals surface area contributed by atoms with Crippen molar-refractivity contribution in [3.05, 3.63) is 30.1 Å². The molecule has 1 amide bonds. The molecule has 3 rings (SSSR count). The highest BCUT2D eigenvalue weighted by molar-refractivity contribution is 5.94. The Balaban J connectivity index is 1.78. The molecule has 0 spiro atoms. The number of aromatic nitrogens is 3. The van der Waals surface area contributed by atoms with E-state index in [-0.39, 0.29) is 11.8 Å². The molecule has 3 heterocycles. The fourth-order valence-electron chi connectivity index (χ4n) is 3.44. The summed E-state index contributed by atoms with van der Waals surface area (Å²) in [6.07, 6.45) is 4.28. The number of pyridine rings is 1. The topological polar surface area (TPSA) is 89.4 Å². The number of aryl methyl sites for hydroxylation is 1. The lowest BCUT2D eigenvalue weighted by atomic mass is 10.1.